The van der Waals surface area contributed by atoms with E-state index in [0.717, 1.165) is 32.7 Å². The lowest BCUT2D eigenvalue weighted by Crippen LogP contribution is -3.15. The third-order valence-electron chi connectivity index (χ3n) is 4.87. The molecule has 152 valence electrons. The number of para-hydroxylation sites is 1. The van der Waals surface area contributed by atoms with Gasteiger partial charge >= 0.3 is 0 Å². The number of amides is 1. The van der Waals surface area contributed by atoms with Gasteiger partial charge < -0.3 is 9.80 Å². The Hall–Kier alpha value is -2.97. The van der Waals surface area contributed by atoms with Gasteiger partial charge in [-0.25, -0.2) is 5.43 Å². The van der Waals surface area contributed by atoms with Crippen LogP contribution in [0.25, 0.3) is 0 Å². The minimum absolute atomic E-state index is 0.0616. The van der Waals surface area contributed by atoms with E-state index in [1.807, 2.05) is 18.2 Å². The Balaban J connectivity index is 1.40. The second-order valence-corrected chi connectivity index (χ2v) is 7.24. The van der Waals surface area contributed by atoms with Gasteiger partial charge in [-0.3, -0.25) is 14.9 Å². The summed E-state index contributed by atoms with van der Waals surface area (Å²) >= 11 is 5.77. The lowest BCUT2D eigenvalue weighted by molar-refractivity contribution is -0.900. The van der Waals surface area contributed by atoms with E-state index in [1.54, 1.807) is 6.07 Å². The topological polar surface area (TPSA) is 92.3 Å². The van der Waals surface area contributed by atoms with Crippen LogP contribution in [0.3, 0.4) is 0 Å². The summed E-state index contributed by atoms with van der Waals surface area (Å²) in [7, 11) is 0. The number of carbonyl (C=O) groups is 1. The molecule has 0 spiro atoms. The molecule has 1 fully saturated rings. The zero-order valence-electron chi connectivity index (χ0n) is 15.9. The number of anilines is 1. The van der Waals surface area contributed by atoms with Gasteiger partial charge in [-0.2, -0.15) is 5.10 Å². The van der Waals surface area contributed by atoms with Crippen molar-refractivity contribution in [2.75, 3.05) is 37.6 Å². The van der Waals surface area contributed by atoms with Crippen molar-refractivity contribution in [2.24, 2.45) is 5.10 Å². The van der Waals surface area contributed by atoms with Crippen molar-refractivity contribution >= 4 is 35.1 Å². The molecule has 2 aromatic carbocycles. The van der Waals surface area contributed by atoms with Crippen molar-refractivity contribution in [3.63, 3.8) is 0 Å². The second-order valence-electron chi connectivity index (χ2n) is 6.83. The predicted molar refractivity (Wildman–Crippen MR) is 113 cm³/mol. The first-order valence-corrected chi connectivity index (χ1v) is 9.80. The molecule has 1 amide bonds. The highest BCUT2D eigenvalue weighted by atomic mass is 35.5. The molecule has 2 N–H and O–H groups in total. The highest BCUT2D eigenvalue weighted by Gasteiger charge is 2.20. The first kappa shape index (κ1) is 20.8. The number of hydrazone groups is 1. The standard InChI is InChI=1S/C20H22ClN5O3/c21-18-7-6-16(14-19(18)26(28)29)15-22-23-20(27)8-9-24-10-12-25(13-11-24)17-4-2-1-3-5-17/h1-7,14-15H,8-13H2,(H,23,27)/p+1/b22-15-. The van der Waals surface area contributed by atoms with Gasteiger partial charge in [0.2, 0.25) is 5.91 Å². The Morgan fingerprint density at radius 3 is 2.66 bits per heavy atom. The number of nitro groups is 1. The van der Waals surface area contributed by atoms with E-state index in [2.05, 4.69) is 27.6 Å². The minimum atomic E-state index is -0.557. The predicted octanol–water partition coefficient (Wildman–Crippen LogP) is 1.49. The largest absolute Gasteiger partial charge is 0.360 e. The maximum atomic E-state index is 12.0. The van der Waals surface area contributed by atoms with Crippen LogP contribution >= 0.6 is 11.6 Å². The monoisotopic (exact) mass is 416 g/mol. The Morgan fingerprint density at radius 1 is 1.24 bits per heavy atom. The Bertz CT molecular complexity index is 883. The van der Waals surface area contributed by atoms with E-state index >= 15 is 0 Å². The summed E-state index contributed by atoms with van der Waals surface area (Å²) in [5.74, 6) is -0.178. The molecule has 0 radical (unpaired) electrons. The number of rotatable bonds is 7. The molecule has 9 heteroatoms. The maximum Gasteiger partial charge on any atom is 0.288 e. The zero-order valence-corrected chi connectivity index (χ0v) is 16.6. The van der Waals surface area contributed by atoms with Crippen molar-refractivity contribution in [1.82, 2.24) is 5.43 Å². The van der Waals surface area contributed by atoms with Crippen molar-refractivity contribution in [2.45, 2.75) is 6.42 Å². The lowest BCUT2D eigenvalue weighted by Gasteiger charge is -2.33. The average Bonchev–Trinajstić information content (AvgIpc) is 2.74. The van der Waals surface area contributed by atoms with E-state index in [-0.39, 0.29) is 16.6 Å². The highest BCUT2D eigenvalue weighted by molar-refractivity contribution is 6.32. The van der Waals surface area contributed by atoms with Gasteiger partial charge in [-0.1, -0.05) is 35.9 Å². The smallest absolute Gasteiger partial charge is 0.288 e. The molecule has 3 rings (SSSR count). The fourth-order valence-corrected chi connectivity index (χ4v) is 3.43. The summed E-state index contributed by atoms with van der Waals surface area (Å²) in [5, 5.41) is 14.8. The molecule has 0 aliphatic carbocycles. The number of carbonyl (C=O) groups excluding carboxylic acids is 1. The van der Waals surface area contributed by atoms with Crippen molar-refractivity contribution in [3.8, 4) is 0 Å². The van der Waals surface area contributed by atoms with E-state index in [9.17, 15) is 14.9 Å². The average molecular weight is 417 g/mol. The number of nitrogens with zero attached hydrogens (tertiary/aromatic N) is 3. The SMILES string of the molecule is O=C(CC[NH+]1CCN(c2ccccc2)CC1)N/N=C\c1ccc(Cl)c([N+](=O)[O-])c1. The summed E-state index contributed by atoms with van der Waals surface area (Å²) in [6.45, 7) is 4.65. The minimum Gasteiger partial charge on any atom is -0.360 e. The normalized spacial score (nSPS) is 14.9. The number of nitro benzene ring substituents is 1. The van der Waals surface area contributed by atoms with Crippen LogP contribution in [0.15, 0.2) is 53.6 Å². The molecule has 0 bridgehead atoms. The van der Waals surface area contributed by atoms with Crippen LogP contribution in [-0.2, 0) is 4.79 Å². The fraction of sp³-hybridized carbons (Fsp3) is 0.300. The van der Waals surface area contributed by atoms with Crippen LogP contribution in [0, 0.1) is 10.1 Å². The molecular weight excluding hydrogens is 394 g/mol. The highest BCUT2D eigenvalue weighted by Crippen LogP contribution is 2.24. The number of halogens is 1. The van der Waals surface area contributed by atoms with Gasteiger partial charge in [0.1, 0.15) is 5.02 Å². The Labute approximate surface area is 173 Å². The Kier molecular flexibility index (Phi) is 7.15. The molecule has 0 unspecified atom stereocenters. The summed E-state index contributed by atoms with van der Waals surface area (Å²) in [5.41, 5.74) is 4.01. The number of quaternary nitrogens is 1. The molecule has 1 saturated heterocycles. The molecule has 0 saturated carbocycles. The van der Waals surface area contributed by atoms with E-state index < -0.39 is 4.92 Å². The van der Waals surface area contributed by atoms with E-state index in [1.165, 1.54) is 28.9 Å². The number of piperazine rings is 1. The molecule has 8 nitrogen and oxygen atoms in total. The first-order chi connectivity index (χ1) is 14.0. The third-order valence-corrected chi connectivity index (χ3v) is 5.19. The summed E-state index contributed by atoms with van der Waals surface area (Å²) in [6, 6.07) is 14.7. The van der Waals surface area contributed by atoms with Gasteiger partial charge in [-0.05, 0) is 18.2 Å². The molecule has 1 aliphatic heterocycles. The number of nitrogens with one attached hydrogen (secondary N) is 2. The molecule has 0 atom stereocenters. The second kappa shape index (κ2) is 9.99. The molecule has 29 heavy (non-hydrogen) atoms. The van der Waals surface area contributed by atoms with Crippen LogP contribution in [0.1, 0.15) is 12.0 Å². The number of hydrogen-bond acceptors (Lipinski definition) is 5. The van der Waals surface area contributed by atoms with Gasteiger partial charge in [0.25, 0.3) is 5.69 Å². The van der Waals surface area contributed by atoms with Crippen LogP contribution < -0.4 is 15.2 Å². The van der Waals surface area contributed by atoms with Crippen molar-refractivity contribution in [3.05, 3.63) is 69.2 Å². The maximum absolute atomic E-state index is 12.0. The van der Waals surface area contributed by atoms with Crippen LogP contribution in [0.5, 0.6) is 0 Å². The fourth-order valence-electron chi connectivity index (χ4n) is 3.24. The number of benzene rings is 2. The quantitative estimate of drug-likeness (QED) is 0.406. The molecule has 1 aliphatic rings. The zero-order chi connectivity index (χ0) is 20.6. The van der Waals surface area contributed by atoms with Gasteiger partial charge in [0, 0.05) is 17.3 Å². The van der Waals surface area contributed by atoms with E-state index in [4.69, 9.17) is 11.6 Å². The number of hydrogen-bond donors (Lipinski definition) is 2. The summed E-state index contributed by atoms with van der Waals surface area (Å²) < 4.78 is 0. The molecular formula is C20H23ClN5O3+. The molecule has 2 aromatic rings. The van der Waals surface area contributed by atoms with Crippen molar-refractivity contribution < 1.29 is 14.6 Å². The summed E-state index contributed by atoms with van der Waals surface area (Å²) in [6.07, 6.45) is 1.74. The van der Waals surface area contributed by atoms with Gasteiger partial charge in [0.15, 0.2) is 0 Å². The van der Waals surface area contributed by atoms with Crippen LogP contribution in [-0.4, -0.2) is 49.8 Å². The Morgan fingerprint density at radius 2 is 1.97 bits per heavy atom. The van der Waals surface area contributed by atoms with E-state index in [0.29, 0.717) is 12.0 Å². The van der Waals surface area contributed by atoms with Crippen LogP contribution in [0.4, 0.5) is 11.4 Å². The lowest BCUT2D eigenvalue weighted by atomic mass is 10.2. The molecule has 1 heterocycles. The molecule has 0 aromatic heterocycles. The van der Waals surface area contributed by atoms with Gasteiger partial charge in [-0.15, -0.1) is 0 Å². The van der Waals surface area contributed by atoms with Gasteiger partial charge in [0.05, 0.1) is 50.3 Å². The summed E-state index contributed by atoms with van der Waals surface area (Å²) in [4.78, 5) is 26.1. The van der Waals surface area contributed by atoms with Crippen molar-refractivity contribution in [1.29, 1.82) is 0 Å². The van der Waals surface area contributed by atoms with Crippen LogP contribution in [0.2, 0.25) is 5.02 Å². The third kappa shape index (κ3) is 6.00. The first-order valence-electron chi connectivity index (χ1n) is 9.42.